The van der Waals surface area contributed by atoms with Gasteiger partial charge >= 0.3 is 0 Å². The minimum atomic E-state index is -0.229. The lowest BCUT2D eigenvalue weighted by molar-refractivity contribution is -0.121. The first-order valence-electron chi connectivity index (χ1n) is 9.26. The van der Waals surface area contributed by atoms with Gasteiger partial charge < -0.3 is 10.1 Å². The number of ether oxygens (including phenoxy) is 1. The van der Waals surface area contributed by atoms with Crippen LogP contribution in [-0.4, -0.2) is 34.9 Å². The summed E-state index contributed by atoms with van der Waals surface area (Å²) < 4.78 is 5.53. The van der Waals surface area contributed by atoms with Gasteiger partial charge in [0.15, 0.2) is 6.61 Å². The number of carbonyl (C=O) groups is 2. The summed E-state index contributed by atoms with van der Waals surface area (Å²) in [5, 5.41) is 5.27. The lowest BCUT2D eigenvalue weighted by atomic mass is 10.1. The SMILES string of the molecule is Cc1ccc2c(c1)OCC(=O)N2Cc1nc(C(=O)NCCc2ccccn2)cs1. The number of benzene rings is 1. The Hall–Kier alpha value is -3.26. The zero-order valence-electron chi connectivity index (χ0n) is 15.9. The maximum Gasteiger partial charge on any atom is 0.270 e. The van der Waals surface area contributed by atoms with E-state index in [0.29, 0.717) is 36.0 Å². The van der Waals surface area contributed by atoms with Crippen LogP contribution in [-0.2, 0) is 17.8 Å². The quantitative estimate of drug-likeness (QED) is 0.678. The highest BCUT2D eigenvalue weighted by Gasteiger charge is 2.26. The van der Waals surface area contributed by atoms with Gasteiger partial charge in [0.05, 0.1) is 12.2 Å². The number of anilines is 1. The molecule has 4 rings (SSSR count). The van der Waals surface area contributed by atoms with E-state index in [1.54, 1.807) is 16.5 Å². The molecule has 2 aromatic heterocycles. The van der Waals surface area contributed by atoms with Crippen LogP contribution in [0.4, 0.5) is 5.69 Å². The van der Waals surface area contributed by atoms with Gasteiger partial charge in [0.1, 0.15) is 16.5 Å². The van der Waals surface area contributed by atoms with E-state index in [0.717, 1.165) is 16.9 Å². The highest BCUT2D eigenvalue weighted by molar-refractivity contribution is 7.09. The molecule has 7 nitrogen and oxygen atoms in total. The van der Waals surface area contributed by atoms with Crippen molar-refractivity contribution in [2.45, 2.75) is 19.9 Å². The van der Waals surface area contributed by atoms with E-state index in [1.807, 2.05) is 43.3 Å². The van der Waals surface area contributed by atoms with Crippen LogP contribution in [0.5, 0.6) is 5.75 Å². The van der Waals surface area contributed by atoms with E-state index in [9.17, 15) is 9.59 Å². The summed E-state index contributed by atoms with van der Waals surface area (Å²) in [7, 11) is 0. The topological polar surface area (TPSA) is 84.4 Å². The van der Waals surface area contributed by atoms with Gasteiger partial charge in [-0.2, -0.15) is 0 Å². The Balaban J connectivity index is 1.39. The molecule has 3 heterocycles. The van der Waals surface area contributed by atoms with E-state index < -0.39 is 0 Å². The van der Waals surface area contributed by atoms with Crippen molar-refractivity contribution in [3.8, 4) is 5.75 Å². The van der Waals surface area contributed by atoms with E-state index in [-0.39, 0.29) is 18.4 Å². The predicted molar refractivity (Wildman–Crippen MR) is 110 cm³/mol. The van der Waals surface area contributed by atoms with Crippen LogP contribution in [0.1, 0.15) is 26.8 Å². The van der Waals surface area contributed by atoms with Gasteiger partial charge in [0, 0.05) is 30.2 Å². The number of aromatic nitrogens is 2. The Labute approximate surface area is 172 Å². The standard InChI is InChI=1S/C21H20N4O3S/c1-14-5-6-17-18(10-14)28-12-20(26)25(17)11-19-24-16(13-29-19)21(27)23-9-7-15-4-2-3-8-22-15/h2-6,8,10,13H,7,9,11-12H2,1H3,(H,23,27). The molecule has 3 aromatic rings. The largest absolute Gasteiger partial charge is 0.482 e. The molecule has 0 saturated heterocycles. The van der Waals surface area contributed by atoms with Crippen LogP contribution in [0, 0.1) is 6.92 Å². The summed E-state index contributed by atoms with van der Waals surface area (Å²) in [5.41, 5.74) is 3.07. The molecule has 0 unspecified atom stereocenters. The first-order valence-corrected chi connectivity index (χ1v) is 10.1. The van der Waals surface area contributed by atoms with Gasteiger partial charge in [-0.3, -0.25) is 19.5 Å². The minimum Gasteiger partial charge on any atom is -0.482 e. The Morgan fingerprint density at radius 1 is 1.31 bits per heavy atom. The number of pyridine rings is 1. The van der Waals surface area contributed by atoms with E-state index in [2.05, 4.69) is 15.3 Å². The van der Waals surface area contributed by atoms with Gasteiger partial charge in [-0.05, 0) is 36.8 Å². The molecule has 0 aliphatic carbocycles. The molecule has 1 aliphatic rings. The van der Waals surface area contributed by atoms with Crippen LogP contribution in [0.15, 0.2) is 48.0 Å². The molecule has 2 amide bonds. The second-order valence-corrected chi connectivity index (χ2v) is 7.64. The number of rotatable bonds is 6. The van der Waals surface area contributed by atoms with E-state index >= 15 is 0 Å². The number of fused-ring (bicyclic) bond motifs is 1. The molecule has 0 atom stereocenters. The molecular formula is C21H20N4O3S. The monoisotopic (exact) mass is 408 g/mol. The Morgan fingerprint density at radius 2 is 2.21 bits per heavy atom. The Morgan fingerprint density at radius 3 is 3.03 bits per heavy atom. The number of nitrogens with zero attached hydrogens (tertiary/aromatic N) is 3. The zero-order valence-corrected chi connectivity index (χ0v) is 16.7. The molecule has 0 radical (unpaired) electrons. The molecule has 1 aromatic carbocycles. The second kappa shape index (κ2) is 8.40. The third-order valence-corrected chi connectivity index (χ3v) is 5.36. The lowest BCUT2D eigenvalue weighted by Gasteiger charge is -2.28. The molecule has 1 aliphatic heterocycles. The predicted octanol–water partition coefficient (Wildman–Crippen LogP) is 2.74. The summed E-state index contributed by atoms with van der Waals surface area (Å²) in [6.07, 6.45) is 2.39. The van der Waals surface area contributed by atoms with Crippen molar-refractivity contribution in [3.05, 3.63) is 69.9 Å². The lowest BCUT2D eigenvalue weighted by Crippen LogP contribution is -2.38. The van der Waals surface area contributed by atoms with Gasteiger partial charge in [-0.15, -0.1) is 11.3 Å². The zero-order chi connectivity index (χ0) is 20.2. The number of nitrogens with one attached hydrogen (secondary N) is 1. The van der Waals surface area contributed by atoms with Gasteiger partial charge in [0.2, 0.25) is 0 Å². The second-order valence-electron chi connectivity index (χ2n) is 6.69. The number of hydrogen-bond acceptors (Lipinski definition) is 6. The number of thiazole rings is 1. The summed E-state index contributed by atoms with van der Waals surface area (Å²) in [6, 6.07) is 11.4. The maximum absolute atomic E-state index is 12.4. The van der Waals surface area contributed by atoms with Crippen LogP contribution in [0.3, 0.4) is 0 Å². The van der Waals surface area contributed by atoms with Crippen molar-refractivity contribution in [1.29, 1.82) is 0 Å². The highest BCUT2D eigenvalue weighted by atomic mass is 32.1. The smallest absolute Gasteiger partial charge is 0.270 e. The fourth-order valence-electron chi connectivity index (χ4n) is 3.05. The van der Waals surface area contributed by atoms with Crippen molar-refractivity contribution in [1.82, 2.24) is 15.3 Å². The average molecular weight is 408 g/mol. The molecular weight excluding hydrogens is 388 g/mol. The van der Waals surface area contributed by atoms with Crippen LogP contribution in [0.25, 0.3) is 0 Å². The van der Waals surface area contributed by atoms with Crippen molar-refractivity contribution in [2.75, 3.05) is 18.1 Å². The number of amides is 2. The molecule has 148 valence electrons. The summed E-state index contributed by atoms with van der Waals surface area (Å²) in [5.74, 6) is 0.333. The van der Waals surface area contributed by atoms with Gasteiger partial charge in [-0.25, -0.2) is 4.98 Å². The van der Waals surface area contributed by atoms with Crippen LogP contribution < -0.4 is 15.0 Å². The van der Waals surface area contributed by atoms with Crippen LogP contribution in [0.2, 0.25) is 0 Å². The molecule has 0 saturated carbocycles. The number of carbonyl (C=O) groups excluding carboxylic acids is 2. The van der Waals surface area contributed by atoms with Crippen molar-refractivity contribution < 1.29 is 14.3 Å². The molecule has 1 N–H and O–H groups in total. The molecule has 0 fully saturated rings. The molecule has 0 bridgehead atoms. The first kappa shape index (κ1) is 19.1. The van der Waals surface area contributed by atoms with Crippen molar-refractivity contribution in [2.24, 2.45) is 0 Å². The van der Waals surface area contributed by atoms with E-state index in [1.165, 1.54) is 11.3 Å². The maximum atomic E-state index is 12.4. The van der Waals surface area contributed by atoms with E-state index in [4.69, 9.17) is 4.74 Å². The molecule has 0 spiro atoms. The van der Waals surface area contributed by atoms with Crippen molar-refractivity contribution in [3.63, 3.8) is 0 Å². The number of hydrogen-bond donors (Lipinski definition) is 1. The Kier molecular flexibility index (Phi) is 5.53. The fourth-order valence-corrected chi connectivity index (χ4v) is 3.81. The third-order valence-electron chi connectivity index (χ3n) is 4.53. The van der Waals surface area contributed by atoms with Gasteiger partial charge in [0.25, 0.3) is 11.8 Å². The van der Waals surface area contributed by atoms with Crippen LogP contribution >= 0.6 is 11.3 Å². The minimum absolute atomic E-state index is 0.00267. The number of aryl methyl sites for hydroxylation is 1. The Bertz CT molecular complexity index is 1040. The van der Waals surface area contributed by atoms with Gasteiger partial charge in [-0.1, -0.05) is 12.1 Å². The highest BCUT2D eigenvalue weighted by Crippen LogP contribution is 2.34. The first-order chi connectivity index (χ1) is 14.1. The average Bonchev–Trinajstić information content (AvgIpc) is 3.20. The third kappa shape index (κ3) is 4.43. The fraction of sp³-hybridized carbons (Fsp3) is 0.238. The molecule has 8 heteroatoms. The normalized spacial score (nSPS) is 13.0. The summed E-state index contributed by atoms with van der Waals surface area (Å²) in [6.45, 7) is 2.77. The summed E-state index contributed by atoms with van der Waals surface area (Å²) in [4.78, 5) is 35.0. The summed E-state index contributed by atoms with van der Waals surface area (Å²) >= 11 is 1.36. The van der Waals surface area contributed by atoms with Crippen molar-refractivity contribution >= 4 is 28.8 Å². The molecule has 29 heavy (non-hydrogen) atoms.